The minimum atomic E-state index is -1.45. The van der Waals surface area contributed by atoms with Gasteiger partial charge in [-0.2, -0.15) is 0 Å². The molecule has 0 aliphatic carbocycles. The Morgan fingerprint density at radius 3 is 1.91 bits per heavy atom. The number of ether oxygens (including phenoxy) is 1. The number of unbranched alkanes of at least 4 members (excludes halogenated alkanes) is 8. The van der Waals surface area contributed by atoms with Crippen LogP contribution in [0.2, 0.25) is 0 Å². The Morgan fingerprint density at radius 1 is 0.957 bits per heavy atom. The number of nitrogens with two attached hydrogens (primary N) is 1. The number of hydrogen-bond acceptors (Lipinski definition) is 6. The molecule has 0 fully saturated rings. The van der Waals surface area contributed by atoms with E-state index in [4.69, 9.17) is 5.73 Å². The average molecular weight is 337 g/mol. The second-order valence-corrected chi connectivity index (χ2v) is 5.55. The summed E-state index contributed by atoms with van der Waals surface area (Å²) in [4.78, 5) is 33.0. The quantitative estimate of drug-likeness (QED) is 0.189. The molecule has 1 atom stereocenters. The molecule has 0 radical (unpaired) electrons. The van der Waals surface area contributed by atoms with Gasteiger partial charge in [0, 0.05) is 18.8 Å². The van der Waals surface area contributed by atoms with Crippen LogP contribution in [0.15, 0.2) is 0 Å². The molecule has 0 spiro atoms. The van der Waals surface area contributed by atoms with Crippen molar-refractivity contribution in [2.24, 2.45) is 5.73 Å². The molecule has 128 valence electrons. The normalized spacial score (nSPS) is 11.4. The largest absolute Gasteiger partial charge is 1.00 e. The van der Waals surface area contributed by atoms with Gasteiger partial charge in [-0.3, -0.25) is 4.79 Å². The van der Waals surface area contributed by atoms with Gasteiger partial charge in [0.25, 0.3) is 0 Å². The third kappa shape index (κ3) is 16.2. The molecule has 7 heteroatoms. The molecular formula is C16H28NNaO5. The first kappa shape index (κ1) is 24.8. The van der Waals surface area contributed by atoms with Gasteiger partial charge in [-0.25, -0.2) is 4.79 Å². The molecule has 0 saturated carbocycles. The number of carbonyl (C=O) groups is 3. The second-order valence-electron chi connectivity index (χ2n) is 5.55. The monoisotopic (exact) mass is 337 g/mol. The molecule has 0 aromatic carbocycles. The van der Waals surface area contributed by atoms with Crippen molar-refractivity contribution < 1.29 is 53.8 Å². The Kier molecular flexibility index (Phi) is 17.7. The van der Waals surface area contributed by atoms with Crippen LogP contribution in [0.5, 0.6) is 0 Å². The molecule has 0 unspecified atom stereocenters. The van der Waals surface area contributed by atoms with Gasteiger partial charge >= 0.3 is 41.5 Å². The van der Waals surface area contributed by atoms with Crippen molar-refractivity contribution in [2.45, 2.75) is 83.6 Å². The molecular weight excluding hydrogens is 309 g/mol. The van der Waals surface area contributed by atoms with E-state index in [1.807, 2.05) is 0 Å². The molecule has 0 aromatic heterocycles. The van der Waals surface area contributed by atoms with Gasteiger partial charge in [0.1, 0.15) is 6.04 Å². The molecule has 0 rings (SSSR count). The number of rotatable bonds is 13. The smallest absolute Gasteiger partial charge is 0.550 e. The van der Waals surface area contributed by atoms with Crippen LogP contribution in [-0.2, 0) is 19.1 Å². The molecule has 0 heterocycles. The number of esters is 2. The van der Waals surface area contributed by atoms with E-state index in [-0.39, 0.29) is 36.0 Å². The summed E-state index contributed by atoms with van der Waals surface area (Å²) in [5.41, 5.74) is 5.26. The van der Waals surface area contributed by atoms with E-state index >= 15 is 0 Å². The van der Waals surface area contributed by atoms with Crippen LogP contribution in [0.3, 0.4) is 0 Å². The van der Waals surface area contributed by atoms with Crippen LogP contribution in [0, 0.1) is 0 Å². The van der Waals surface area contributed by atoms with Crippen molar-refractivity contribution in [3.8, 4) is 0 Å². The summed E-state index contributed by atoms with van der Waals surface area (Å²) in [7, 11) is 0. The Balaban J connectivity index is 0. The summed E-state index contributed by atoms with van der Waals surface area (Å²) in [5.74, 6) is -3.11. The van der Waals surface area contributed by atoms with Crippen LogP contribution in [0.1, 0.15) is 77.6 Å². The summed E-state index contributed by atoms with van der Waals surface area (Å²) in [5, 5.41) is 10.3. The van der Waals surface area contributed by atoms with Gasteiger partial charge in [0.05, 0.1) is 0 Å². The summed E-state index contributed by atoms with van der Waals surface area (Å²) in [6, 6.07) is -1.35. The van der Waals surface area contributed by atoms with Gasteiger partial charge < -0.3 is 20.4 Å². The number of carboxylic acid groups (broad SMARTS) is 1. The summed E-state index contributed by atoms with van der Waals surface area (Å²) < 4.78 is 4.49. The maximum Gasteiger partial charge on any atom is 1.00 e. The zero-order valence-corrected chi connectivity index (χ0v) is 16.5. The van der Waals surface area contributed by atoms with Gasteiger partial charge in [0.15, 0.2) is 0 Å². The van der Waals surface area contributed by atoms with Crippen molar-refractivity contribution in [3.05, 3.63) is 0 Å². The molecule has 6 nitrogen and oxygen atoms in total. The Labute approximate surface area is 160 Å². The van der Waals surface area contributed by atoms with Crippen LogP contribution >= 0.6 is 0 Å². The van der Waals surface area contributed by atoms with Crippen molar-refractivity contribution in [3.63, 3.8) is 0 Å². The zero-order chi connectivity index (χ0) is 16.8. The van der Waals surface area contributed by atoms with E-state index in [0.717, 1.165) is 19.3 Å². The minimum absolute atomic E-state index is 0. The van der Waals surface area contributed by atoms with Crippen molar-refractivity contribution in [1.29, 1.82) is 0 Å². The maximum atomic E-state index is 11.4. The zero-order valence-electron chi connectivity index (χ0n) is 14.5. The molecule has 0 aliphatic rings. The van der Waals surface area contributed by atoms with Gasteiger partial charge in [-0.1, -0.05) is 58.3 Å². The van der Waals surface area contributed by atoms with Crippen molar-refractivity contribution in [1.82, 2.24) is 0 Å². The molecule has 23 heavy (non-hydrogen) atoms. The molecule has 0 amide bonds. The maximum absolute atomic E-state index is 11.4. The van der Waals surface area contributed by atoms with Gasteiger partial charge in [0.2, 0.25) is 0 Å². The van der Waals surface area contributed by atoms with Gasteiger partial charge in [-0.15, -0.1) is 0 Å². The Bertz CT molecular complexity index is 349. The third-order valence-electron chi connectivity index (χ3n) is 3.39. The second kappa shape index (κ2) is 16.4. The van der Waals surface area contributed by atoms with Crippen LogP contribution in [0.4, 0.5) is 0 Å². The molecule has 0 saturated heterocycles. The topological polar surface area (TPSA) is 110 Å². The fraction of sp³-hybridized carbons (Fsp3) is 0.812. The summed E-state index contributed by atoms with van der Waals surface area (Å²) >= 11 is 0. The fourth-order valence-corrected chi connectivity index (χ4v) is 2.08. The summed E-state index contributed by atoms with van der Waals surface area (Å²) in [6.07, 6.45) is 9.63. The third-order valence-corrected chi connectivity index (χ3v) is 3.39. The SMILES string of the molecule is CCCCCCCCCCCC(=O)OC(=O)[C@@H](N)CC(=O)[O-].[Na+]. The number of carbonyl (C=O) groups excluding carboxylic acids is 3. The fourth-order valence-electron chi connectivity index (χ4n) is 2.08. The van der Waals surface area contributed by atoms with Crippen LogP contribution in [0.25, 0.3) is 0 Å². The Morgan fingerprint density at radius 2 is 1.43 bits per heavy atom. The van der Waals surface area contributed by atoms with Crippen LogP contribution < -0.4 is 40.4 Å². The van der Waals surface area contributed by atoms with Gasteiger partial charge in [-0.05, 0) is 6.42 Å². The van der Waals surface area contributed by atoms with Crippen LogP contribution in [-0.4, -0.2) is 23.9 Å². The minimum Gasteiger partial charge on any atom is -0.550 e. The first-order chi connectivity index (χ1) is 10.5. The first-order valence-electron chi connectivity index (χ1n) is 8.17. The van der Waals surface area contributed by atoms with E-state index in [0.29, 0.717) is 6.42 Å². The van der Waals surface area contributed by atoms with E-state index in [1.54, 1.807) is 0 Å². The number of hydrogen-bond donors (Lipinski definition) is 1. The van der Waals surface area contributed by atoms with E-state index in [2.05, 4.69) is 11.7 Å². The van der Waals surface area contributed by atoms with Crippen molar-refractivity contribution >= 4 is 17.9 Å². The number of carboxylic acids is 1. The predicted octanol–water partition coefficient (Wildman–Crippen LogP) is -1.55. The Hall–Kier alpha value is -0.430. The van der Waals surface area contributed by atoms with E-state index < -0.39 is 30.4 Å². The van der Waals surface area contributed by atoms with E-state index in [1.165, 1.54) is 32.1 Å². The molecule has 0 aliphatic heterocycles. The number of aliphatic carboxylic acids is 1. The molecule has 0 aromatic rings. The van der Waals surface area contributed by atoms with E-state index in [9.17, 15) is 19.5 Å². The first-order valence-corrected chi connectivity index (χ1v) is 8.17. The average Bonchev–Trinajstić information content (AvgIpc) is 2.44. The standard InChI is InChI=1S/C16H29NO5.Na/c1-2-3-4-5-6-7-8-9-10-11-15(20)22-16(21)13(17)12-14(18)19;/h13H,2-12,17H2,1H3,(H,18,19);/q;+1/p-1/t13-;/m0./s1. The summed E-state index contributed by atoms with van der Waals surface area (Å²) in [6.45, 7) is 2.19. The molecule has 2 N–H and O–H groups in total. The molecule has 0 bridgehead atoms. The predicted molar refractivity (Wildman–Crippen MR) is 80.5 cm³/mol. The van der Waals surface area contributed by atoms with Crippen molar-refractivity contribution in [2.75, 3.05) is 0 Å².